The van der Waals surface area contributed by atoms with Gasteiger partial charge in [0.25, 0.3) is 0 Å². The number of aromatic nitrogens is 2. The number of carbonyl (C=O) groups is 1. The molecular formula is C22H22ClN3O3. The van der Waals surface area contributed by atoms with Crippen molar-refractivity contribution < 1.29 is 14.3 Å². The smallest absolute Gasteiger partial charge is 0.330 e. The van der Waals surface area contributed by atoms with Crippen LogP contribution in [0.15, 0.2) is 42.6 Å². The molecule has 0 fully saturated rings. The van der Waals surface area contributed by atoms with Crippen LogP contribution in [0.1, 0.15) is 12.5 Å². The van der Waals surface area contributed by atoms with E-state index in [1.165, 1.54) is 6.08 Å². The van der Waals surface area contributed by atoms with Crippen LogP contribution in [0.25, 0.3) is 28.1 Å². The van der Waals surface area contributed by atoms with Gasteiger partial charge in [0.15, 0.2) is 5.75 Å². The maximum atomic E-state index is 11.8. The van der Waals surface area contributed by atoms with Crippen LogP contribution in [0.3, 0.4) is 0 Å². The average molecular weight is 412 g/mol. The fourth-order valence-corrected chi connectivity index (χ4v) is 3.17. The molecule has 0 spiro atoms. The lowest BCUT2D eigenvalue weighted by Crippen LogP contribution is -2.12. The summed E-state index contributed by atoms with van der Waals surface area (Å²) in [6.07, 6.45) is 4.82. The first-order valence-corrected chi connectivity index (χ1v) is 9.48. The number of fused-ring (bicyclic) bond motifs is 1. The Bertz CT molecular complexity index is 1080. The summed E-state index contributed by atoms with van der Waals surface area (Å²) in [6, 6.07) is 9.48. The van der Waals surface area contributed by atoms with Crippen molar-refractivity contribution in [2.75, 3.05) is 32.7 Å². The number of ether oxygens (including phenoxy) is 2. The van der Waals surface area contributed by atoms with Gasteiger partial charge in [-0.25, -0.2) is 14.8 Å². The van der Waals surface area contributed by atoms with Gasteiger partial charge in [0.1, 0.15) is 5.52 Å². The van der Waals surface area contributed by atoms with Gasteiger partial charge < -0.3 is 14.4 Å². The molecule has 3 aromatic rings. The molecular weight excluding hydrogens is 390 g/mol. The number of carbonyl (C=O) groups excluding carboxylic acids is 1. The zero-order valence-corrected chi connectivity index (χ0v) is 17.5. The van der Waals surface area contributed by atoms with Gasteiger partial charge in [-0.15, -0.1) is 0 Å². The van der Waals surface area contributed by atoms with Crippen LogP contribution in [0.2, 0.25) is 5.02 Å². The molecule has 0 atom stereocenters. The van der Waals surface area contributed by atoms with E-state index in [2.05, 4.69) is 9.97 Å². The second-order valence-corrected chi connectivity index (χ2v) is 6.91. The van der Waals surface area contributed by atoms with Crippen LogP contribution < -0.4 is 9.64 Å². The molecule has 0 saturated heterocycles. The highest BCUT2D eigenvalue weighted by Crippen LogP contribution is 2.38. The monoisotopic (exact) mass is 411 g/mol. The fourth-order valence-electron chi connectivity index (χ4n) is 2.98. The standard InChI is InChI=1S/C22H22ClN3O3/c1-5-29-19(27)10-9-15-12-17(14-7-6-8-16(23)11-14)18-13-24-22(26(2)3)25-20(18)21(15)28-4/h6-13H,5H2,1-4H3. The van der Waals surface area contributed by atoms with Crippen LogP contribution in [-0.2, 0) is 9.53 Å². The second kappa shape index (κ2) is 8.92. The first kappa shape index (κ1) is 20.6. The van der Waals surface area contributed by atoms with Crippen molar-refractivity contribution in [3.63, 3.8) is 0 Å². The number of anilines is 1. The van der Waals surface area contributed by atoms with Gasteiger partial charge in [-0.1, -0.05) is 23.7 Å². The zero-order valence-electron chi connectivity index (χ0n) is 16.8. The zero-order chi connectivity index (χ0) is 21.0. The van der Waals surface area contributed by atoms with E-state index in [9.17, 15) is 4.79 Å². The third kappa shape index (κ3) is 4.49. The predicted molar refractivity (Wildman–Crippen MR) is 117 cm³/mol. The second-order valence-electron chi connectivity index (χ2n) is 6.47. The quantitative estimate of drug-likeness (QED) is 0.436. The SMILES string of the molecule is CCOC(=O)C=Cc1cc(-c2cccc(Cl)c2)c2cnc(N(C)C)nc2c1OC. The number of rotatable bonds is 6. The predicted octanol–water partition coefficient (Wildman–Crippen LogP) is 4.60. The van der Waals surface area contributed by atoms with E-state index < -0.39 is 5.97 Å². The Balaban J connectivity index is 2.30. The van der Waals surface area contributed by atoms with Gasteiger partial charge in [-0.2, -0.15) is 0 Å². The molecule has 150 valence electrons. The summed E-state index contributed by atoms with van der Waals surface area (Å²) in [6.45, 7) is 2.07. The lowest BCUT2D eigenvalue weighted by atomic mass is 9.97. The highest BCUT2D eigenvalue weighted by Gasteiger charge is 2.16. The minimum absolute atomic E-state index is 0.311. The normalized spacial score (nSPS) is 11.1. The van der Waals surface area contributed by atoms with E-state index in [-0.39, 0.29) is 0 Å². The van der Waals surface area contributed by atoms with E-state index >= 15 is 0 Å². The summed E-state index contributed by atoms with van der Waals surface area (Å²) < 4.78 is 10.7. The topological polar surface area (TPSA) is 64.5 Å². The Morgan fingerprint density at radius 3 is 2.72 bits per heavy atom. The van der Waals surface area contributed by atoms with Gasteiger partial charge in [-0.3, -0.25) is 0 Å². The minimum atomic E-state index is -0.421. The molecule has 7 heteroatoms. The summed E-state index contributed by atoms with van der Waals surface area (Å²) in [5.41, 5.74) is 3.15. The molecule has 3 rings (SSSR count). The maximum Gasteiger partial charge on any atom is 0.330 e. The molecule has 0 bridgehead atoms. The number of nitrogens with zero attached hydrogens (tertiary/aromatic N) is 3. The Kier molecular flexibility index (Phi) is 6.34. The molecule has 0 aliphatic heterocycles. The van der Waals surface area contributed by atoms with E-state index in [1.54, 1.807) is 26.3 Å². The molecule has 0 unspecified atom stereocenters. The van der Waals surface area contributed by atoms with Crippen molar-refractivity contribution in [3.8, 4) is 16.9 Å². The molecule has 0 radical (unpaired) electrons. The van der Waals surface area contributed by atoms with Crippen LogP contribution in [-0.4, -0.2) is 43.7 Å². The summed E-state index contributed by atoms with van der Waals surface area (Å²) in [4.78, 5) is 22.8. The molecule has 0 N–H and O–H groups in total. The Labute approximate surface area is 174 Å². The highest BCUT2D eigenvalue weighted by atomic mass is 35.5. The molecule has 0 aliphatic rings. The van der Waals surface area contributed by atoms with Crippen LogP contribution in [0.5, 0.6) is 5.75 Å². The van der Waals surface area contributed by atoms with Crippen LogP contribution >= 0.6 is 11.6 Å². The number of halogens is 1. The first-order valence-electron chi connectivity index (χ1n) is 9.10. The number of esters is 1. The average Bonchev–Trinajstić information content (AvgIpc) is 2.71. The minimum Gasteiger partial charge on any atom is -0.494 e. The van der Waals surface area contributed by atoms with Gasteiger partial charge >= 0.3 is 5.97 Å². The summed E-state index contributed by atoms with van der Waals surface area (Å²) >= 11 is 6.21. The van der Waals surface area contributed by atoms with Gasteiger partial charge in [0, 0.05) is 42.3 Å². The molecule has 6 nitrogen and oxygen atoms in total. The Hall–Kier alpha value is -3.12. The van der Waals surface area contributed by atoms with E-state index in [0.717, 1.165) is 16.5 Å². The number of hydrogen-bond donors (Lipinski definition) is 0. The summed E-state index contributed by atoms with van der Waals surface area (Å²) in [5.74, 6) is 0.687. The van der Waals surface area contributed by atoms with Gasteiger partial charge in [-0.05, 0) is 42.3 Å². The van der Waals surface area contributed by atoms with E-state index in [1.807, 2.05) is 49.3 Å². The molecule has 2 aromatic carbocycles. The highest BCUT2D eigenvalue weighted by molar-refractivity contribution is 6.31. The molecule has 0 aliphatic carbocycles. The molecule has 0 saturated carbocycles. The number of methoxy groups -OCH3 is 1. The van der Waals surface area contributed by atoms with Crippen molar-refractivity contribution >= 4 is 40.5 Å². The van der Waals surface area contributed by atoms with E-state index in [0.29, 0.717) is 34.4 Å². The van der Waals surface area contributed by atoms with E-state index in [4.69, 9.17) is 21.1 Å². The van der Waals surface area contributed by atoms with Crippen molar-refractivity contribution in [1.29, 1.82) is 0 Å². The Morgan fingerprint density at radius 2 is 2.07 bits per heavy atom. The van der Waals surface area contributed by atoms with Crippen LogP contribution in [0, 0.1) is 0 Å². The summed E-state index contributed by atoms with van der Waals surface area (Å²) in [7, 11) is 5.32. The summed E-state index contributed by atoms with van der Waals surface area (Å²) in [5, 5.41) is 1.45. The van der Waals surface area contributed by atoms with Crippen molar-refractivity contribution in [2.45, 2.75) is 6.92 Å². The third-order valence-electron chi connectivity index (χ3n) is 4.27. The number of hydrogen-bond acceptors (Lipinski definition) is 6. The molecule has 29 heavy (non-hydrogen) atoms. The van der Waals surface area contributed by atoms with Crippen molar-refractivity contribution in [3.05, 3.63) is 53.2 Å². The number of benzene rings is 2. The molecule has 1 heterocycles. The van der Waals surface area contributed by atoms with Gasteiger partial charge in [0.2, 0.25) is 5.95 Å². The molecule has 1 aromatic heterocycles. The van der Waals surface area contributed by atoms with Gasteiger partial charge in [0.05, 0.1) is 13.7 Å². The molecule has 0 amide bonds. The maximum absolute atomic E-state index is 11.8. The van der Waals surface area contributed by atoms with Crippen molar-refractivity contribution in [1.82, 2.24) is 9.97 Å². The third-order valence-corrected chi connectivity index (χ3v) is 4.50. The Morgan fingerprint density at radius 1 is 1.28 bits per heavy atom. The van der Waals surface area contributed by atoms with Crippen molar-refractivity contribution in [2.24, 2.45) is 0 Å². The first-order chi connectivity index (χ1) is 13.9. The lowest BCUT2D eigenvalue weighted by Gasteiger charge is -2.16. The lowest BCUT2D eigenvalue weighted by molar-refractivity contribution is -0.137. The largest absolute Gasteiger partial charge is 0.494 e. The fraction of sp³-hybridized carbons (Fsp3) is 0.227. The van der Waals surface area contributed by atoms with Crippen LogP contribution in [0.4, 0.5) is 5.95 Å².